The number of halogens is 2. The number of benzene rings is 1. The van der Waals surface area contributed by atoms with Crippen LogP contribution in [0.2, 0.25) is 0 Å². The first-order valence-corrected chi connectivity index (χ1v) is 6.87. The van der Waals surface area contributed by atoms with Crippen LogP contribution >= 0.6 is 0 Å². The molecule has 3 N–H and O–H groups in total. The molecule has 0 saturated heterocycles. The van der Waals surface area contributed by atoms with Gasteiger partial charge in [0.25, 0.3) is 0 Å². The predicted octanol–water partition coefficient (Wildman–Crippen LogP) is 2.33. The van der Waals surface area contributed by atoms with Crippen molar-refractivity contribution >= 4 is 17.6 Å². The zero-order chi connectivity index (χ0) is 16.4. The lowest BCUT2D eigenvalue weighted by Gasteiger charge is -2.09. The number of alkyl halides is 2. The quantitative estimate of drug-likeness (QED) is 0.643. The number of anilines is 1. The van der Waals surface area contributed by atoms with Gasteiger partial charge in [0.1, 0.15) is 5.75 Å². The summed E-state index contributed by atoms with van der Waals surface area (Å²) in [7, 11) is 0. The molecule has 6 nitrogen and oxygen atoms in total. The molecular formula is C14H19F2N3O3. The van der Waals surface area contributed by atoms with Crippen LogP contribution in [-0.2, 0) is 4.79 Å². The number of ether oxygens (including phenoxy) is 1. The molecule has 8 heteroatoms. The molecule has 22 heavy (non-hydrogen) atoms. The Hall–Kier alpha value is -2.38. The number of amides is 3. The number of imide groups is 1. The Morgan fingerprint density at radius 2 is 1.91 bits per heavy atom. The summed E-state index contributed by atoms with van der Waals surface area (Å²) in [6.45, 7) is -0.493. The third-order valence-corrected chi connectivity index (χ3v) is 2.60. The summed E-state index contributed by atoms with van der Waals surface area (Å²) in [6.07, 6.45) is 1.79. The van der Waals surface area contributed by atoms with Gasteiger partial charge in [-0.15, -0.1) is 0 Å². The van der Waals surface area contributed by atoms with Crippen molar-refractivity contribution in [1.29, 1.82) is 0 Å². The van der Waals surface area contributed by atoms with Crippen LogP contribution in [0.3, 0.4) is 0 Å². The van der Waals surface area contributed by atoms with E-state index in [0.717, 1.165) is 12.8 Å². The monoisotopic (exact) mass is 315 g/mol. The molecule has 122 valence electrons. The highest BCUT2D eigenvalue weighted by Crippen LogP contribution is 2.17. The van der Waals surface area contributed by atoms with E-state index in [1.165, 1.54) is 24.3 Å². The number of nitrogens with one attached hydrogen (secondary N) is 3. The molecule has 0 unspecified atom stereocenters. The van der Waals surface area contributed by atoms with Gasteiger partial charge in [0, 0.05) is 12.2 Å². The van der Waals surface area contributed by atoms with Gasteiger partial charge in [-0.25, -0.2) is 4.79 Å². The van der Waals surface area contributed by atoms with Gasteiger partial charge in [0.15, 0.2) is 0 Å². The highest BCUT2D eigenvalue weighted by atomic mass is 19.3. The van der Waals surface area contributed by atoms with Crippen molar-refractivity contribution in [3.63, 3.8) is 0 Å². The van der Waals surface area contributed by atoms with Crippen molar-refractivity contribution in [2.75, 3.05) is 18.4 Å². The molecule has 0 saturated carbocycles. The van der Waals surface area contributed by atoms with Crippen LogP contribution in [0.1, 0.15) is 19.8 Å². The first kappa shape index (κ1) is 17.7. The van der Waals surface area contributed by atoms with E-state index in [0.29, 0.717) is 12.2 Å². The van der Waals surface area contributed by atoms with E-state index in [9.17, 15) is 18.4 Å². The number of carbonyl (C=O) groups excluding carboxylic acids is 2. The lowest BCUT2D eigenvalue weighted by Crippen LogP contribution is -2.42. The smallest absolute Gasteiger partial charge is 0.387 e. The maximum absolute atomic E-state index is 12.0. The maximum Gasteiger partial charge on any atom is 0.387 e. The van der Waals surface area contributed by atoms with Crippen LogP contribution in [0.4, 0.5) is 19.3 Å². The first-order valence-electron chi connectivity index (χ1n) is 6.87. The predicted molar refractivity (Wildman–Crippen MR) is 78.0 cm³/mol. The largest absolute Gasteiger partial charge is 0.435 e. The fourth-order valence-corrected chi connectivity index (χ4v) is 1.53. The van der Waals surface area contributed by atoms with Gasteiger partial charge in [0.2, 0.25) is 5.91 Å². The van der Waals surface area contributed by atoms with Gasteiger partial charge >= 0.3 is 12.6 Å². The van der Waals surface area contributed by atoms with Gasteiger partial charge in [-0.3, -0.25) is 10.1 Å². The van der Waals surface area contributed by atoms with E-state index < -0.39 is 18.5 Å². The van der Waals surface area contributed by atoms with Crippen molar-refractivity contribution in [2.24, 2.45) is 0 Å². The second-order valence-electron chi connectivity index (χ2n) is 4.41. The summed E-state index contributed by atoms with van der Waals surface area (Å²) in [4.78, 5) is 22.8. The lowest BCUT2D eigenvalue weighted by atomic mass is 10.3. The van der Waals surface area contributed by atoms with Gasteiger partial charge in [-0.2, -0.15) is 8.78 Å². The molecule has 0 radical (unpaired) electrons. The minimum absolute atomic E-state index is 0.0281. The first-order chi connectivity index (χ1) is 10.5. The summed E-state index contributed by atoms with van der Waals surface area (Å²) in [5.41, 5.74) is 0.545. The minimum atomic E-state index is -2.88. The molecule has 0 aliphatic rings. The van der Waals surface area contributed by atoms with Crippen molar-refractivity contribution in [1.82, 2.24) is 10.6 Å². The number of rotatable bonds is 8. The minimum Gasteiger partial charge on any atom is -0.435 e. The zero-order valence-corrected chi connectivity index (χ0v) is 12.2. The average molecular weight is 315 g/mol. The number of hydrogen-bond acceptors (Lipinski definition) is 4. The van der Waals surface area contributed by atoms with E-state index in [2.05, 4.69) is 20.7 Å². The van der Waals surface area contributed by atoms with Crippen LogP contribution in [0.25, 0.3) is 0 Å². The summed E-state index contributed by atoms with van der Waals surface area (Å²) in [5, 5.41) is 7.49. The summed E-state index contributed by atoms with van der Waals surface area (Å²) in [5.74, 6) is -0.470. The molecule has 0 spiro atoms. The van der Waals surface area contributed by atoms with Gasteiger partial charge in [-0.1, -0.05) is 13.3 Å². The summed E-state index contributed by atoms with van der Waals surface area (Å²) < 4.78 is 28.2. The van der Waals surface area contributed by atoms with Crippen molar-refractivity contribution in [3.8, 4) is 5.75 Å². The molecule has 0 fully saturated rings. The fourth-order valence-electron chi connectivity index (χ4n) is 1.53. The van der Waals surface area contributed by atoms with Crippen molar-refractivity contribution in [2.45, 2.75) is 26.4 Å². The Labute approximate surface area is 127 Å². The van der Waals surface area contributed by atoms with Gasteiger partial charge in [-0.05, 0) is 30.7 Å². The van der Waals surface area contributed by atoms with Crippen molar-refractivity contribution in [3.05, 3.63) is 24.3 Å². The van der Waals surface area contributed by atoms with Crippen LogP contribution in [0, 0.1) is 0 Å². The van der Waals surface area contributed by atoms with Gasteiger partial charge in [0.05, 0.1) is 6.54 Å². The third kappa shape index (κ3) is 7.41. The van der Waals surface area contributed by atoms with Crippen LogP contribution in [-0.4, -0.2) is 31.6 Å². The fraction of sp³-hybridized carbons (Fsp3) is 0.429. The SMILES string of the molecule is CCCCNC(=O)NC(=O)CNc1ccc(OC(F)F)cc1. The number of unbranched alkanes of at least 4 members (excludes halogenated alkanes) is 1. The highest BCUT2D eigenvalue weighted by Gasteiger charge is 2.07. The van der Waals surface area contributed by atoms with Crippen molar-refractivity contribution < 1.29 is 23.1 Å². The normalized spacial score (nSPS) is 10.2. The lowest BCUT2D eigenvalue weighted by molar-refractivity contribution is -0.118. The Morgan fingerprint density at radius 3 is 2.50 bits per heavy atom. The van der Waals surface area contributed by atoms with E-state index >= 15 is 0 Å². The standard InChI is InChI=1S/C14H19F2N3O3/c1-2-3-8-17-14(21)19-12(20)9-18-10-4-6-11(7-5-10)22-13(15)16/h4-7,13,18H,2-3,8-9H2,1H3,(H2,17,19,20,21). The van der Waals surface area contributed by atoms with Crippen LogP contribution in [0.15, 0.2) is 24.3 Å². The van der Waals surface area contributed by atoms with E-state index in [1.54, 1.807) is 0 Å². The highest BCUT2D eigenvalue weighted by molar-refractivity contribution is 5.96. The van der Waals surface area contributed by atoms with E-state index in [1.807, 2.05) is 6.92 Å². The summed E-state index contributed by atoms with van der Waals surface area (Å²) in [6, 6.07) is 5.15. The molecule has 0 aromatic heterocycles. The third-order valence-electron chi connectivity index (χ3n) is 2.60. The molecule has 0 aliphatic carbocycles. The molecule has 0 aliphatic heterocycles. The number of carbonyl (C=O) groups is 2. The molecule has 0 heterocycles. The molecule has 1 aromatic carbocycles. The Bertz CT molecular complexity index is 481. The Kier molecular flexibility index (Phi) is 7.66. The van der Waals surface area contributed by atoms with Crippen LogP contribution in [0.5, 0.6) is 5.75 Å². The number of urea groups is 1. The molecule has 0 bridgehead atoms. The summed E-state index contributed by atoms with van der Waals surface area (Å²) >= 11 is 0. The Balaban J connectivity index is 2.30. The molecule has 3 amide bonds. The zero-order valence-electron chi connectivity index (χ0n) is 12.2. The second kappa shape index (κ2) is 9.54. The topological polar surface area (TPSA) is 79.5 Å². The molecule has 1 aromatic rings. The molecule has 1 rings (SSSR count). The van der Waals surface area contributed by atoms with Crippen LogP contribution < -0.4 is 20.7 Å². The molecule has 0 atom stereocenters. The Morgan fingerprint density at radius 1 is 1.23 bits per heavy atom. The average Bonchev–Trinajstić information content (AvgIpc) is 2.46. The molecular weight excluding hydrogens is 296 g/mol. The second-order valence-corrected chi connectivity index (χ2v) is 4.41. The van der Waals surface area contributed by atoms with Gasteiger partial charge < -0.3 is 15.4 Å². The van der Waals surface area contributed by atoms with E-state index in [-0.39, 0.29) is 12.3 Å². The maximum atomic E-state index is 12.0. The number of hydrogen-bond donors (Lipinski definition) is 3. The van der Waals surface area contributed by atoms with E-state index in [4.69, 9.17) is 0 Å².